The number of fused-ring (bicyclic) bond motifs is 1. The summed E-state index contributed by atoms with van der Waals surface area (Å²) in [5.41, 5.74) is 1.13. The molecule has 2 heteroatoms. The first-order valence-electron chi connectivity index (χ1n) is 4.36. The highest BCUT2D eigenvalue weighted by atomic mass is 16.5. The van der Waals surface area contributed by atoms with Gasteiger partial charge in [0.15, 0.2) is 0 Å². The summed E-state index contributed by atoms with van der Waals surface area (Å²) in [7, 11) is 0. The van der Waals surface area contributed by atoms with E-state index in [1.807, 2.05) is 18.3 Å². The van der Waals surface area contributed by atoms with E-state index in [1.54, 1.807) is 0 Å². The fraction of sp³-hybridized carbons (Fsp3) is 0.500. The molecule has 64 valence electrons. The molecule has 0 saturated heterocycles. The SMILES string of the molecule is CC(C)C1COc2cccnc21. The second-order valence-corrected chi connectivity index (χ2v) is 3.55. The average molecular weight is 163 g/mol. The van der Waals surface area contributed by atoms with Crippen LogP contribution in [0.3, 0.4) is 0 Å². The molecule has 1 aromatic heterocycles. The van der Waals surface area contributed by atoms with E-state index in [9.17, 15) is 0 Å². The third-order valence-electron chi connectivity index (χ3n) is 2.37. The minimum absolute atomic E-state index is 0.487. The Hall–Kier alpha value is -1.05. The van der Waals surface area contributed by atoms with Crippen LogP contribution in [0, 0.1) is 5.92 Å². The third kappa shape index (κ3) is 1.07. The van der Waals surface area contributed by atoms with Gasteiger partial charge in [-0.1, -0.05) is 13.8 Å². The molecule has 0 N–H and O–H groups in total. The Labute approximate surface area is 72.6 Å². The van der Waals surface area contributed by atoms with Gasteiger partial charge in [-0.05, 0) is 18.1 Å². The lowest BCUT2D eigenvalue weighted by Crippen LogP contribution is -2.08. The zero-order valence-corrected chi connectivity index (χ0v) is 7.45. The van der Waals surface area contributed by atoms with Crippen molar-refractivity contribution in [1.29, 1.82) is 0 Å². The van der Waals surface area contributed by atoms with E-state index in [0.717, 1.165) is 18.1 Å². The van der Waals surface area contributed by atoms with Crippen molar-refractivity contribution in [2.75, 3.05) is 6.61 Å². The maximum atomic E-state index is 5.51. The molecule has 1 atom stereocenters. The van der Waals surface area contributed by atoms with Crippen molar-refractivity contribution in [1.82, 2.24) is 4.98 Å². The number of nitrogens with zero attached hydrogens (tertiary/aromatic N) is 1. The van der Waals surface area contributed by atoms with Gasteiger partial charge in [-0.2, -0.15) is 0 Å². The summed E-state index contributed by atoms with van der Waals surface area (Å²) >= 11 is 0. The molecule has 1 aromatic rings. The second-order valence-electron chi connectivity index (χ2n) is 3.55. The van der Waals surface area contributed by atoms with Gasteiger partial charge < -0.3 is 4.74 Å². The fourth-order valence-corrected chi connectivity index (χ4v) is 1.57. The molecule has 2 rings (SSSR count). The topological polar surface area (TPSA) is 22.1 Å². The summed E-state index contributed by atoms with van der Waals surface area (Å²) < 4.78 is 5.51. The number of aromatic nitrogens is 1. The van der Waals surface area contributed by atoms with Crippen LogP contribution in [0.15, 0.2) is 18.3 Å². The highest BCUT2D eigenvalue weighted by molar-refractivity contribution is 5.33. The van der Waals surface area contributed by atoms with Crippen molar-refractivity contribution in [2.24, 2.45) is 5.92 Å². The summed E-state index contributed by atoms with van der Waals surface area (Å²) in [6, 6.07) is 3.91. The molecule has 0 saturated carbocycles. The Morgan fingerprint density at radius 3 is 3.17 bits per heavy atom. The van der Waals surface area contributed by atoms with Gasteiger partial charge in [0.25, 0.3) is 0 Å². The summed E-state index contributed by atoms with van der Waals surface area (Å²) in [6.45, 7) is 5.21. The maximum Gasteiger partial charge on any atom is 0.141 e. The molecule has 0 aromatic carbocycles. The van der Waals surface area contributed by atoms with E-state index < -0.39 is 0 Å². The van der Waals surface area contributed by atoms with Crippen LogP contribution < -0.4 is 4.74 Å². The first-order chi connectivity index (χ1) is 5.79. The maximum absolute atomic E-state index is 5.51. The van der Waals surface area contributed by atoms with E-state index in [2.05, 4.69) is 18.8 Å². The molecule has 0 fully saturated rings. The number of ether oxygens (including phenoxy) is 1. The van der Waals surface area contributed by atoms with Crippen LogP contribution in [0.5, 0.6) is 5.75 Å². The van der Waals surface area contributed by atoms with Crippen LogP contribution in [0.25, 0.3) is 0 Å². The standard InChI is InChI=1S/C10H13NO/c1-7(2)8-6-12-9-4-3-5-11-10(8)9/h3-5,7-8H,6H2,1-2H3. The van der Waals surface area contributed by atoms with E-state index >= 15 is 0 Å². The lowest BCUT2D eigenvalue weighted by atomic mass is 9.94. The van der Waals surface area contributed by atoms with Crippen molar-refractivity contribution < 1.29 is 4.74 Å². The van der Waals surface area contributed by atoms with E-state index in [1.165, 1.54) is 0 Å². The Morgan fingerprint density at radius 2 is 2.42 bits per heavy atom. The van der Waals surface area contributed by atoms with Gasteiger partial charge >= 0.3 is 0 Å². The monoisotopic (exact) mass is 163 g/mol. The van der Waals surface area contributed by atoms with E-state index in [4.69, 9.17) is 4.74 Å². The quantitative estimate of drug-likeness (QED) is 0.633. The molecule has 1 aliphatic heterocycles. The Bertz CT molecular complexity index is 283. The Morgan fingerprint density at radius 1 is 1.58 bits per heavy atom. The van der Waals surface area contributed by atoms with Gasteiger partial charge in [0, 0.05) is 12.1 Å². The van der Waals surface area contributed by atoms with E-state index in [0.29, 0.717) is 11.8 Å². The predicted molar refractivity (Wildman–Crippen MR) is 47.3 cm³/mol. The van der Waals surface area contributed by atoms with Crippen LogP contribution in [0.1, 0.15) is 25.5 Å². The summed E-state index contributed by atoms with van der Waals surface area (Å²) in [4.78, 5) is 4.34. The Kier molecular flexibility index (Phi) is 1.75. The number of hydrogen-bond donors (Lipinski definition) is 0. The molecule has 0 spiro atoms. The van der Waals surface area contributed by atoms with Crippen LogP contribution in [-0.2, 0) is 0 Å². The van der Waals surface area contributed by atoms with Gasteiger partial charge in [0.05, 0.1) is 12.3 Å². The van der Waals surface area contributed by atoms with Crippen molar-refractivity contribution in [3.05, 3.63) is 24.0 Å². The first kappa shape index (κ1) is 7.59. The van der Waals surface area contributed by atoms with Crippen LogP contribution in [0.4, 0.5) is 0 Å². The minimum Gasteiger partial charge on any atom is -0.491 e. The van der Waals surface area contributed by atoms with Crippen LogP contribution >= 0.6 is 0 Å². The molecule has 2 nitrogen and oxygen atoms in total. The lowest BCUT2D eigenvalue weighted by molar-refractivity contribution is 0.303. The summed E-state index contributed by atoms with van der Waals surface area (Å²) in [6.07, 6.45) is 1.84. The molecule has 0 aliphatic carbocycles. The normalized spacial score (nSPS) is 20.8. The lowest BCUT2D eigenvalue weighted by Gasteiger charge is -2.10. The molecule has 12 heavy (non-hydrogen) atoms. The van der Waals surface area contributed by atoms with Gasteiger partial charge in [-0.15, -0.1) is 0 Å². The fourth-order valence-electron chi connectivity index (χ4n) is 1.57. The third-order valence-corrected chi connectivity index (χ3v) is 2.37. The second kappa shape index (κ2) is 2.77. The van der Waals surface area contributed by atoms with Gasteiger partial charge in [0.1, 0.15) is 5.75 Å². The molecule has 2 heterocycles. The summed E-state index contributed by atoms with van der Waals surface area (Å²) in [5, 5.41) is 0. The van der Waals surface area contributed by atoms with Gasteiger partial charge in [-0.25, -0.2) is 0 Å². The average Bonchev–Trinajstić information content (AvgIpc) is 2.47. The van der Waals surface area contributed by atoms with Crippen LogP contribution in [-0.4, -0.2) is 11.6 Å². The number of rotatable bonds is 1. The molecular weight excluding hydrogens is 150 g/mol. The van der Waals surface area contributed by atoms with E-state index in [-0.39, 0.29) is 0 Å². The smallest absolute Gasteiger partial charge is 0.141 e. The zero-order valence-electron chi connectivity index (χ0n) is 7.45. The minimum atomic E-state index is 0.487. The highest BCUT2D eigenvalue weighted by Gasteiger charge is 2.27. The molecule has 0 bridgehead atoms. The highest BCUT2D eigenvalue weighted by Crippen LogP contribution is 2.35. The van der Waals surface area contributed by atoms with Crippen molar-refractivity contribution in [2.45, 2.75) is 19.8 Å². The number of hydrogen-bond acceptors (Lipinski definition) is 2. The molecule has 1 unspecified atom stereocenters. The first-order valence-corrected chi connectivity index (χ1v) is 4.36. The zero-order chi connectivity index (χ0) is 8.55. The summed E-state index contributed by atoms with van der Waals surface area (Å²) in [5.74, 6) is 2.07. The van der Waals surface area contributed by atoms with Crippen molar-refractivity contribution in [3.63, 3.8) is 0 Å². The van der Waals surface area contributed by atoms with Crippen molar-refractivity contribution in [3.8, 4) is 5.75 Å². The molecule has 0 amide bonds. The van der Waals surface area contributed by atoms with Gasteiger partial charge in [0.2, 0.25) is 0 Å². The van der Waals surface area contributed by atoms with Crippen molar-refractivity contribution >= 4 is 0 Å². The number of pyridine rings is 1. The van der Waals surface area contributed by atoms with Crippen LogP contribution in [0.2, 0.25) is 0 Å². The Balaban J connectivity index is 2.36. The van der Waals surface area contributed by atoms with Gasteiger partial charge in [-0.3, -0.25) is 4.98 Å². The molecule has 1 aliphatic rings. The molecular formula is C10H13NO. The largest absolute Gasteiger partial charge is 0.491 e. The predicted octanol–water partition coefficient (Wildman–Crippen LogP) is 2.21. The molecule has 0 radical (unpaired) electrons.